The van der Waals surface area contributed by atoms with Crippen molar-refractivity contribution < 1.29 is 38.1 Å². The number of amides is 4. The van der Waals surface area contributed by atoms with Crippen LogP contribution in [0.25, 0.3) is 0 Å². The largest absolute Gasteiger partial charge is 0.483 e. The number of ether oxygens (including phenoxy) is 4. The van der Waals surface area contributed by atoms with Gasteiger partial charge in [0.2, 0.25) is 0 Å². The van der Waals surface area contributed by atoms with Crippen LogP contribution in [0.1, 0.15) is 104 Å². The van der Waals surface area contributed by atoms with Crippen molar-refractivity contribution in [1.29, 1.82) is 0 Å². The minimum atomic E-state index is -0.494. The van der Waals surface area contributed by atoms with Crippen molar-refractivity contribution in [1.82, 2.24) is 20.7 Å². The Morgan fingerprint density at radius 1 is 0.695 bits per heavy atom. The number of nitrogens with zero attached hydrogens (tertiary/aromatic N) is 6. The molecule has 8 rings (SSSR count). The molecule has 59 heavy (non-hydrogen) atoms. The summed E-state index contributed by atoms with van der Waals surface area (Å²) >= 11 is 3.70. The van der Waals surface area contributed by atoms with E-state index in [1.165, 1.54) is 5.56 Å². The molecule has 0 spiro atoms. The molecule has 0 aromatic heterocycles. The van der Waals surface area contributed by atoms with Crippen LogP contribution < -0.4 is 30.1 Å². The zero-order chi connectivity index (χ0) is 42.4. The zero-order valence-electron chi connectivity index (χ0n) is 35.1. The monoisotopic (exact) mass is 878 g/mol. The smallest absolute Gasteiger partial charge is 0.410 e. The predicted octanol–water partition coefficient (Wildman–Crippen LogP) is 6.43. The average molecular weight is 880 g/mol. The number of carbonyl (C=O) groups excluding carboxylic acids is 4. The molecule has 6 aliphatic rings. The van der Waals surface area contributed by atoms with Crippen LogP contribution in [-0.2, 0) is 19.1 Å². The molecule has 2 N–H and O–H groups in total. The van der Waals surface area contributed by atoms with Crippen LogP contribution in [0.5, 0.6) is 11.5 Å². The molecule has 0 aliphatic carbocycles. The molecule has 0 radical (unpaired) electrons. The number of nitrogens with one attached hydrogen (secondary N) is 2. The number of hydrazone groups is 2. The highest BCUT2D eigenvalue weighted by Crippen LogP contribution is 2.44. The molecule has 2 aromatic rings. The van der Waals surface area contributed by atoms with Crippen molar-refractivity contribution in [3.63, 3.8) is 0 Å². The summed E-state index contributed by atoms with van der Waals surface area (Å²) in [6.07, 6.45) is 2.92. The number of rotatable bonds is 2. The summed E-state index contributed by atoms with van der Waals surface area (Å²) < 4.78 is 23.7. The number of halogens is 1. The highest BCUT2D eigenvalue weighted by molar-refractivity contribution is 9.10. The summed E-state index contributed by atoms with van der Waals surface area (Å²) in [6, 6.07) is 9.53. The zero-order valence-corrected chi connectivity index (χ0v) is 36.7. The number of amidine groups is 2. The molecule has 16 nitrogen and oxygen atoms in total. The highest BCUT2D eigenvalue weighted by Gasteiger charge is 2.38. The van der Waals surface area contributed by atoms with Gasteiger partial charge in [0, 0.05) is 30.7 Å². The Morgan fingerprint density at radius 3 is 1.64 bits per heavy atom. The first-order valence-electron chi connectivity index (χ1n) is 20.4. The Balaban J connectivity index is 0.000000179. The number of hydrogen-bond acceptors (Lipinski definition) is 12. The molecule has 4 amide bonds. The second kappa shape index (κ2) is 16.5. The van der Waals surface area contributed by atoms with Crippen molar-refractivity contribution in [2.75, 3.05) is 49.2 Å². The third-order valence-corrected chi connectivity index (χ3v) is 11.9. The van der Waals surface area contributed by atoms with Gasteiger partial charge < -0.3 is 38.5 Å². The van der Waals surface area contributed by atoms with Crippen molar-refractivity contribution in [3.8, 4) is 11.5 Å². The molecule has 0 saturated carbocycles. The lowest BCUT2D eigenvalue weighted by atomic mass is 9.88. The van der Waals surface area contributed by atoms with E-state index in [-0.39, 0.29) is 36.1 Å². The highest BCUT2D eigenvalue weighted by atomic mass is 79.9. The van der Waals surface area contributed by atoms with E-state index in [9.17, 15) is 19.2 Å². The maximum absolute atomic E-state index is 12.4. The Labute approximate surface area is 353 Å². The fraction of sp³-hybridized carbons (Fsp3) is 0.571. The van der Waals surface area contributed by atoms with Crippen LogP contribution in [0.4, 0.5) is 21.0 Å². The van der Waals surface area contributed by atoms with E-state index in [1.54, 1.807) is 9.80 Å². The van der Waals surface area contributed by atoms with Gasteiger partial charge in [-0.1, -0.05) is 22.0 Å². The van der Waals surface area contributed by atoms with Gasteiger partial charge in [-0.25, -0.2) is 20.4 Å². The number of hydrogen-bond donors (Lipinski definition) is 2. The molecule has 2 saturated heterocycles. The van der Waals surface area contributed by atoms with E-state index in [0.717, 1.165) is 58.6 Å². The van der Waals surface area contributed by atoms with Gasteiger partial charge in [0.1, 0.15) is 48.0 Å². The first kappa shape index (κ1) is 42.1. The minimum absolute atomic E-state index is 0.127. The molecule has 17 heteroatoms. The van der Waals surface area contributed by atoms with Gasteiger partial charge in [-0.15, -0.1) is 0 Å². The van der Waals surface area contributed by atoms with Crippen LogP contribution in [-0.4, -0.2) is 108 Å². The Kier molecular flexibility index (Phi) is 11.8. The van der Waals surface area contributed by atoms with E-state index in [0.29, 0.717) is 62.9 Å². The molecule has 0 bridgehead atoms. The van der Waals surface area contributed by atoms with E-state index < -0.39 is 11.2 Å². The van der Waals surface area contributed by atoms with Gasteiger partial charge >= 0.3 is 12.2 Å². The topological polar surface area (TPSA) is 167 Å². The van der Waals surface area contributed by atoms with Crippen molar-refractivity contribution in [2.45, 2.75) is 116 Å². The van der Waals surface area contributed by atoms with Gasteiger partial charge in [-0.2, -0.15) is 10.2 Å². The lowest BCUT2D eigenvalue weighted by Gasteiger charge is -2.39. The minimum Gasteiger partial charge on any atom is -0.483 e. The number of carbonyl (C=O) groups is 4. The van der Waals surface area contributed by atoms with Crippen LogP contribution in [0.2, 0.25) is 0 Å². The third kappa shape index (κ3) is 9.24. The van der Waals surface area contributed by atoms with Crippen LogP contribution >= 0.6 is 15.9 Å². The van der Waals surface area contributed by atoms with E-state index in [4.69, 9.17) is 18.9 Å². The molecule has 2 aromatic carbocycles. The molecule has 2 atom stereocenters. The summed E-state index contributed by atoms with van der Waals surface area (Å²) in [6.45, 7) is 18.3. The number of benzene rings is 2. The van der Waals surface area contributed by atoms with Crippen molar-refractivity contribution in [2.24, 2.45) is 10.2 Å². The molecular weight excluding hydrogens is 824 g/mol. The Hall–Kier alpha value is -5.06. The normalized spacial score (nSPS) is 22.0. The lowest BCUT2D eigenvalue weighted by Crippen LogP contribution is -2.55. The second-order valence-corrected chi connectivity index (χ2v) is 18.6. The maximum atomic E-state index is 12.4. The van der Waals surface area contributed by atoms with Gasteiger partial charge in [-0.05, 0) is 128 Å². The standard InChI is InChI=1S/C21H27BrN4O4.C21H28N4O4/c1-12-19(27)24-23-18-11-29-17-10-15(22)14(9-16(17)26(12)18)13-5-7-25(8-6-13)20(28)30-21(2,3)4;1-13-19(26)23-22-18-12-28-17-6-5-15(11-16(17)25(13)18)14-7-9-24(10-8-14)20(27)29-21(2,3)4/h9-10,12-13H,5-8,11H2,1-4H3,(H,24,27);5-6,11,13-14H,7-10,12H2,1-4H3,(H,23,26)/t12-;13-/m11/s1. The summed E-state index contributed by atoms with van der Waals surface area (Å²) in [4.78, 5) is 56.4. The number of anilines is 2. The van der Waals surface area contributed by atoms with E-state index >= 15 is 0 Å². The summed E-state index contributed by atoms with van der Waals surface area (Å²) in [5, 5.41) is 8.30. The lowest BCUT2D eigenvalue weighted by molar-refractivity contribution is -0.123. The number of piperidine rings is 2. The van der Waals surface area contributed by atoms with E-state index in [1.807, 2.05) is 77.3 Å². The van der Waals surface area contributed by atoms with Crippen molar-refractivity contribution in [3.05, 3.63) is 45.9 Å². The summed E-state index contributed by atoms with van der Waals surface area (Å²) in [7, 11) is 0. The molecule has 6 aliphatic heterocycles. The Bertz CT molecular complexity index is 2050. The fourth-order valence-corrected chi connectivity index (χ4v) is 8.74. The fourth-order valence-electron chi connectivity index (χ4n) is 8.10. The van der Waals surface area contributed by atoms with Crippen LogP contribution in [0, 0.1) is 0 Å². The molecule has 0 unspecified atom stereocenters. The SMILES string of the molecule is C[C@@H]1C(=O)NN=C2COc3cc(Br)c(C4CCN(C(=O)OC(C)(C)C)CC4)cc3N21.C[C@@H]1C(=O)NN=C2COc3ccc(C4CCN(C(=O)OC(C)(C)C)CC4)cc3N21. The van der Waals surface area contributed by atoms with Crippen molar-refractivity contribution >= 4 is 63.0 Å². The van der Waals surface area contributed by atoms with Gasteiger partial charge in [0.15, 0.2) is 11.7 Å². The molecule has 6 heterocycles. The predicted molar refractivity (Wildman–Crippen MR) is 226 cm³/mol. The molecular formula is C42H55BrN8O8. The molecule has 2 fully saturated rings. The second-order valence-electron chi connectivity index (χ2n) is 17.7. The quantitative estimate of drug-likeness (QED) is 0.344. The third-order valence-electron chi connectivity index (χ3n) is 11.2. The number of fused-ring (bicyclic) bond motifs is 6. The van der Waals surface area contributed by atoms with Gasteiger partial charge in [0.25, 0.3) is 11.8 Å². The van der Waals surface area contributed by atoms with E-state index in [2.05, 4.69) is 55.2 Å². The van der Waals surface area contributed by atoms with Gasteiger partial charge in [0.05, 0.1) is 11.4 Å². The van der Waals surface area contributed by atoms with Crippen LogP contribution in [0.15, 0.2) is 45.0 Å². The molecule has 318 valence electrons. The van der Waals surface area contributed by atoms with Crippen LogP contribution in [0.3, 0.4) is 0 Å². The first-order valence-corrected chi connectivity index (χ1v) is 21.2. The van der Waals surface area contributed by atoms with Gasteiger partial charge in [-0.3, -0.25) is 9.59 Å². The maximum Gasteiger partial charge on any atom is 0.410 e. The summed E-state index contributed by atoms with van der Waals surface area (Å²) in [5.41, 5.74) is 8.20. The Morgan fingerprint density at radius 2 is 1.15 bits per heavy atom. The summed E-state index contributed by atoms with van der Waals surface area (Å²) in [5.74, 6) is 3.27. The first-order chi connectivity index (χ1) is 27.9. The average Bonchev–Trinajstić information content (AvgIpc) is 3.19. The number of likely N-dealkylation sites (tertiary alicyclic amines) is 2.